The van der Waals surface area contributed by atoms with Gasteiger partial charge in [0.2, 0.25) is 0 Å². The lowest BCUT2D eigenvalue weighted by atomic mass is 9.71. The first-order chi connectivity index (χ1) is 9.68. The number of hydrogen-bond donors (Lipinski definition) is 1. The van der Waals surface area contributed by atoms with Crippen LogP contribution in [0.2, 0.25) is 0 Å². The van der Waals surface area contributed by atoms with Crippen molar-refractivity contribution in [1.82, 2.24) is 0 Å². The number of aliphatic hydroxyl groups is 1. The summed E-state index contributed by atoms with van der Waals surface area (Å²) in [4.78, 5) is 0. The molecule has 1 unspecified atom stereocenters. The summed E-state index contributed by atoms with van der Waals surface area (Å²) in [7, 11) is 0. The molecule has 0 aliphatic heterocycles. The highest BCUT2D eigenvalue weighted by atomic mass is 16.3. The second-order valence-electron chi connectivity index (χ2n) is 7.16. The van der Waals surface area contributed by atoms with Crippen molar-refractivity contribution in [3.8, 4) is 12.3 Å². The molecule has 0 spiro atoms. The van der Waals surface area contributed by atoms with Crippen molar-refractivity contribution in [2.45, 2.75) is 72.3 Å². The molecule has 1 aliphatic carbocycles. The Balaban J connectivity index is 2.65. The van der Waals surface area contributed by atoms with E-state index < -0.39 is 5.60 Å². The van der Waals surface area contributed by atoms with Crippen molar-refractivity contribution in [1.29, 1.82) is 0 Å². The normalized spacial score (nSPS) is 22.2. The molecule has 0 saturated heterocycles. The van der Waals surface area contributed by atoms with Crippen LogP contribution in [0.15, 0.2) is 34.9 Å². The van der Waals surface area contributed by atoms with Crippen molar-refractivity contribution < 1.29 is 5.11 Å². The highest BCUT2D eigenvalue weighted by Crippen LogP contribution is 2.42. The van der Waals surface area contributed by atoms with Gasteiger partial charge in [0.15, 0.2) is 0 Å². The minimum absolute atomic E-state index is 0.353. The average molecular weight is 286 g/mol. The summed E-state index contributed by atoms with van der Waals surface area (Å²) in [5.74, 6) is 2.35. The Hall–Kier alpha value is -1.26. The Bertz CT molecular complexity index is 492. The third-order valence-electron chi connectivity index (χ3n) is 4.55. The molecule has 0 heterocycles. The number of allylic oxidation sites excluding steroid dienone is 5. The minimum Gasteiger partial charge on any atom is -0.374 e. The van der Waals surface area contributed by atoms with E-state index >= 15 is 0 Å². The highest BCUT2D eigenvalue weighted by molar-refractivity contribution is 5.25. The zero-order valence-electron chi connectivity index (χ0n) is 14.3. The summed E-state index contributed by atoms with van der Waals surface area (Å²) in [6.07, 6.45) is 16.9. The van der Waals surface area contributed by atoms with Gasteiger partial charge in [0.25, 0.3) is 0 Å². The molecular formula is C20H30O. The summed E-state index contributed by atoms with van der Waals surface area (Å²) in [5.41, 5.74) is 3.75. The molecule has 21 heavy (non-hydrogen) atoms. The fraction of sp³-hybridized carbons (Fsp3) is 0.600. The second-order valence-corrected chi connectivity index (χ2v) is 7.16. The van der Waals surface area contributed by atoms with Crippen LogP contribution >= 0.6 is 0 Å². The van der Waals surface area contributed by atoms with Crippen LogP contribution < -0.4 is 0 Å². The number of rotatable bonds is 5. The van der Waals surface area contributed by atoms with Crippen LogP contribution in [-0.4, -0.2) is 10.7 Å². The maximum Gasteiger partial charge on any atom is 0.141 e. The summed E-state index contributed by atoms with van der Waals surface area (Å²) in [5, 5.41) is 9.71. The standard InChI is InChI=1S/C20H30O/c1-7-20(6,21)15-8-10-16(2)12-13-18-17(3)11-9-14-19(18,4)5/h1,8,10,15,21H,9,11-14H2,2-6H3/b15-8+,16-10+. The predicted octanol–water partition coefficient (Wildman–Crippen LogP) is 5.18. The summed E-state index contributed by atoms with van der Waals surface area (Å²) in [6.45, 7) is 10.8. The van der Waals surface area contributed by atoms with Gasteiger partial charge in [0, 0.05) is 0 Å². The highest BCUT2D eigenvalue weighted by Gasteiger charge is 2.27. The SMILES string of the molecule is C#CC(C)(O)/C=C/C=C(\C)CCC1=C(C)CCCC1(C)C. The lowest BCUT2D eigenvalue weighted by Gasteiger charge is -2.34. The largest absolute Gasteiger partial charge is 0.374 e. The quantitative estimate of drug-likeness (QED) is 0.419. The van der Waals surface area contributed by atoms with E-state index in [9.17, 15) is 5.11 Å². The van der Waals surface area contributed by atoms with Gasteiger partial charge < -0.3 is 5.11 Å². The summed E-state index contributed by atoms with van der Waals surface area (Å²) < 4.78 is 0. The van der Waals surface area contributed by atoms with Crippen LogP contribution in [-0.2, 0) is 0 Å². The molecule has 1 nitrogen and oxygen atoms in total. The second kappa shape index (κ2) is 7.14. The monoisotopic (exact) mass is 286 g/mol. The van der Waals surface area contributed by atoms with E-state index in [0.29, 0.717) is 5.41 Å². The fourth-order valence-electron chi connectivity index (χ4n) is 3.08. The predicted molar refractivity (Wildman–Crippen MR) is 91.9 cm³/mol. The summed E-state index contributed by atoms with van der Waals surface area (Å²) >= 11 is 0. The summed E-state index contributed by atoms with van der Waals surface area (Å²) in [6, 6.07) is 0. The van der Waals surface area contributed by atoms with Crippen LogP contribution in [0, 0.1) is 17.8 Å². The van der Waals surface area contributed by atoms with Crippen LogP contribution in [0.5, 0.6) is 0 Å². The molecule has 1 rings (SSSR count). The topological polar surface area (TPSA) is 20.2 Å². The van der Waals surface area contributed by atoms with E-state index in [-0.39, 0.29) is 0 Å². The third-order valence-corrected chi connectivity index (χ3v) is 4.55. The lowest BCUT2D eigenvalue weighted by Crippen LogP contribution is -2.20. The fourth-order valence-corrected chi connectivity index (χ4v) is 3.08. The Morgan fingerprint density at radius 2 is 2.14 bits per heavy atom. The van der Waals surface area contributed by atoms with Crippen molar-refractivity contribution in [2.75, 3.05) is 0 Å². The molecule has 1 atom stereocenters. The van der Waals surface area contributed by atoms with Crippen molar-refractivity contribution >= 4 is 0 Å². The van der Waals surface area contributed by atoms with Crippen molar-refractivity contribution in [3.05, 3.63) is 34.9 Å². The molecule has 0 radical (unpaired) electrons. The van der Waals surface area contributed by atoms with Gasteiger partial charge >= 0.3 is 0 Å². The smallest absolute Gasteiger partial charge is 0.141 e. The molecule has 0 aromatic rings. The number of terminal acetylenes is 1. The molecule has 1 aliphatic rings. The van der Waals surface area contributed by atoms with Crippen molar-refractivity contribution in [3.63, 3.8) is 0 Å². The maximum atomic E-state index is 9.71. The molecular weight excluding hydrogens is 256 g/mol. The van der Waals surface area contributed by atoms with Crippen LogP contribution in [0.25, 0.3) is 0 Å². The van der Waals surface area contributed by atoms with Crippen LogP contribution in [0.1, 0.15) is 66.7 Å². The van der Waals surface area contributed by atoms with Crippen LogP contribution in [0.3, 0.4) is 0 Å². The van der Waals surface area contributed by atoms with E-state index in [2.05, 4.69) is 39.7 Å². The van der Waals surface area contributed by atoms with Crippen LogP contribution in [0.4, 0.5) is 0 Å². The minimum atomic E-state index is -1.15. The average Bonchev–Trinajstić information content (AvgIpc) is 2.37. The van der Waals surface area contributed by atoms with Gasteiger partial charge in [-0.3, -0.25) is 0 Å². The first-order valence-corrected chi connectivity index (χ1v) is 7.92. The van der Waals surface area contributed by atoms with E-state index in [1.165, 1.54) is 24.8 Å². The molecule has 0 fully saturated rings. The van der Waals surface area contributed by atoms with Gasteiger partial charge in [0.1, 0.15) is 5.60 Å². The van der Waals surface area contributed by atoms with Gasteiger partial charge in [0.05, 0.1) is 0 Å². The molecule has 0 aromatic heterocycles. The lowest BCUT2D eigenvalue weighted by molar-refractivity contribution is 0.174. The van der Waals surface area contributed by atoms with Gasteiger partial charge in [-0.25, -0.2) is 0 Å². The zero-order valence-corrected chi connectivity index (χ0v) is 14.3. The Kier molecular flexibility index (Phi) is 6.05. The van der Waals surface area contributed by atoms with Gasteiger partial charge in [-0.05, 0) is 64.4 Å². The van der Waals surface area contributed by atoms with Crippen molar-refractivity contribution in [2.24, 2.45) is 5.41 Å². The first-order valence-electron chi connectivity index (χ1n) is 7.92. The van der Waals surface area contributed by atoms with E-state index in [0.717, 1.165) is 12.8 Å². The molecule has 0 aromatic carbocycles. The van der Waals surface area contributed by atoms with Gasteiger partial charge in [-0.1, -0.05) is 48.6 Å². The van der Waals surface area contributed by atoms with E-state index in [1.807, 2.05) is 6.08 Å². The van der Waals surface area contributed by atoms with E-state index in [1.54, 1.807) is 24.1 Å². The Morgan fingerprint density at radius 3 is 2.71 bits per heavy atom. The zero-order chi connectivity index (χ0) is 16.1. The van der Waals surface area contributed by atoms with Gasteiger partial charge in [-0.2, -0.15) is 0 Å². The number of hydrogen-bond acceptors (Lipinski definition) is 1. The maximum absolute atomic E-state index is 9.71. The molecule has 0 amide bonds. The third kappa shape index (κ3) is 5.56. The molecule has 1 N–H and O–H groups in total. The first kappa shape index (κ1) is 17.8. The Labute approximate surface area is 130 Å². The molecule has 116 valence electrons. The molecule has 1 heteroatoms. The van der Waals surface area contributed by atoms with E-state index in [4.69, 9.17) is 6.42 Å². The van der Waals surface area contributed by atoms with Gasteiger partial charge in [-0.15, -0.1) is 6.42 Å². The Morgan fingerprint density at radius 1 is 1.48 bits per heavy atom. The molecule has 0 bridgehead atoms. The molecule has 0 saturated carbocycles.